The summed E-state index contributed by atoms with van der Waals surface area (Å²) in [6, 6.07) is 14.9. The Hall–Kier alpha value is -2.49. The van der Waals surface area contributed by atoms with Crippen LogP contribution in [0.3, 0.4) is 0 Å². The van der Waals surface area contributed by atoms with Gasteiger partial charge in [-0.1, -0.05) is 36.4 Å². The summed E-state index contributed by atoms with van der Waals surface area (Å²) in [7, 11) is 0. The predicted molar refractivity (Wildman–Crippen MR) is 75.8 cm³/mol. The van der Waals surface area contributed by atoms with Gasteiger partial charge in [-0.05, 0) is 30.2 Å². The van der Waals surface area contributed by atoms with Gasteiger partial charge in [0.25, 0.3) is 0 Å². The molecule has 0 spiro atoms. The average molecular weight is 256 g/mol. The van der Waals surface area contributed by atoms with Crippen molar-refractivity contribution in [2.24, 2.45) is 0 Å². The number of hydrogen-bond acceptors (Lipinski definition) is 3. The summed E-state index contributed by atoms with van der Waals surface area (Å²) in [4.78, 5) is 11.6. The summed E-state index contributed by atoms with van der Waals surface area (Å²) >= 11 is 0. The lowest BCUT2D eigenvalue weighted by Crippen LogP contribution is -2.13. The van der Waals surface area contributed by atoms with Crippen molar-refractivity contribution in [1.29, 1.82) is 0 Å². The van der Waals surface area contributed by atoms with E-state index in [9.17, 15) is 4.79 Å². The zero-order chi connectivity index (χ0) is 13.7. The zero-order valence-electron chi connectivity index (χ0n) is 10.7. The van der Waals surface area contributed by atoms with Crippen molar-refractivity contribution in [1.82, 2.24) is 0 Å². The number of nitrogens with one attached hydrogen (secondary N) is 1. The highest BCUT2D eigenvalue weighted by Crippen LogP contribution is 2.17. The molecule has 4 nitrogen and oxygen atoms in total. The van der Waals surface area contributed by atoms with Gasteiger partial charge in [0.05, 0.1) is 0 Å². The molecule has 2 rings (SSSR count). The van der Waals surface area contributed by atoms with Gasteiger partial charge in [-0.15, -0.1) is 0 Å². The van der Waals surface area contributed by atoms with E-state index >= 15 is 0 Å². The van der Waals surface area contributed by atoms with Gasteiger partial charge in [-0.3, -0.25) is 5.32 Å². The summed E-state index contributed by atoms with van der Waals surface area (Å²) in [6.45, 7) is 2.15. The van der Waals surface area contributed by atoms with Gasteiger partial charge in [0, 0.05) is 11.4 Å². The third-order valence-electron chi connectivity index (χ3n) is 2.74. The zero-order valence-corrected chi connectivity index (χ0v) is 10.7. The molecule has 0 aliphatic heterocycles. The van der Waals surface area contributed by atoms with Crippen LogP contribution in [0.2, 0.25) is 0 Å². The molecule has 2 aromatic carbocycles. The van der Waals surface area contributed by atoms with Crippen LogP contribution in [0.15, 0.2) is 48.5 Å². The molecule has 3 N–H and O–H groups in total. The SMILES string of the molecule is Cc1ccc(NC(=O)OCc2ccccc2)cc1N. The summed E-state index contributed by atoms with van der Waals surface area (Å²) in [5.74, 6) is 0. The first-order chi connectivity index (χ1) is 9.15. The number of carbonyl (C=O) groups is 1. The Balaban J connectivity index is 1.89. The van der Waals surface area contributed by atoms with Crippen molar-refractivity contribution in [2.75, 3.05) is 11.1 Å². The number of amides is 1. The Bertz CT molecular complexity index is 568. The number of nitrogens with two attached hydrogens (primary N) is 1. The molecule has 2 aromatic rings. The first-order valence-electron chi connectivity index (χ1n) is 5.99. The summed E-state index contributed by atoms with van der Waals surface area (Å²) in [5.41, 5.74) is 8.96. The van der Waals surface area contributed by atoms with Gasteiger partial charge in [-0.25, -0.2) is 4.79 Å². The Labute approximate surface area is 112 Å². The minimum atomic E-state index is -0.493. The van der Waals surface area contributed by atoms with Gasteiger partial charge < -0.3 is 10.5 Å². The van der Waals surface area contributed by atoms with Gasteiger partial charge in [0.1, 0.15) is 6.61 Å². The van der Waals surface area contributed by atoms with E-state index in [1.807, 2.05) is 43.3 Å². The molecule has 0 unspecified atom stereocenters. The average Bonchev–Trinajstić information content (AvgIpc) is 2.42. The lowest BCUT2D eigenvalue weighted by atomic mass is 10.2. The van der Waals surface area contributed by atoms with Gasteiger partial charge in [0.15, 0.2) is 0 Å². The molecular weight excluding hydrogens is 240 g/mol. The standard InChI is InChI=1S/C15H16N2O2/c1-11-7-8-13(9-14(11)16)17-15(18)19-10-12-5-3-2-4-6-12/h2-9H,10,16H2,1H3,(H,17,18). The van der Waals surface area contributed by atoms with Crippen LogP contribution in [0, 0.1) is 6.92 Å². The lowest BCUT2D eigenvalue weighted by molar-refractivity contribution is 0.155. The maximum Gasteiger partial charge on any atom is 0.411 e. The van der Waals surface area contributed by atoms with Crippen LogP contribution in [0.5, 0.6) is 0 Å². The molecule has 0 heterocycles. The van der Waals surface area contributed by atoms with Gasteiger partial charge in [0.2, 0.25) is 0 Å². The van der Waals surface area contributed by atoms with Crippen molar-refractivity contribution in [3.8, 4) is 0 Å². The highest BCUT2D eigenvalue weighted by Gasteiger charge is 2.04. The van der Waals surface area contributed by atoms with Crippen molar-refractivity contribution >= 4 is 17.5 Å². The minimum absolute atomic E-state index is 0.244. The molecule has 1 amide bonds. The van der Waals surface area contributed by atoms with Crippen LogP contribution in [0.4, 0.5) is 16.2 Å². The number of benzene rings is 2. The van der Waals surface area contributed by atoms with Crippen LogP contribution in [-0.2, 0) is 11.3 Å². The fourth-order valence-corrected chi connectivity index (χ4v) is 1.60. The fourth-order valence-electron chi connectivity index (χ4n) is 1.60. The number of nitrogen functional groups attached to an aromatic ring is 1. The minimum Gasteiger partial charge on any atom is -0.444 e. The summed E-state index contributed by atoms with van der Waals surface area (Å²) < 4.78 is 5.11. The number of ether oxygens (including phenoxy) is 1. The van der Waals surface area contributed by atoms with E-state index in [2.05, 4.69) is 5.32 Å². The second kappa shape index (κ2) is 5.91. The van der Waals surface area contributed by atoms with E-state index in [1.54, 1.807) is 12.1 Å². The van der Waals surface area contributed by atoms with Crippen LogP contribution in [-0.4, -0.2) is 6.09 Å². The van der Waals surface area contributed by atoms with Gasteiger partial charge in [-0.2, -0.15) is 0 Å². The second-order valence-corrected chi connectivity index (χ2v) is 4.26. The molecule has 0 aliphatic carbocycles. The largest absolute Gasteiger partial charge is 0.444 e. The van der Waals surface area contributed by atoms with E-state index in [-0.39, 0.29) is 6.61 Å². The Kier molecular flexibility index (Phi) is 4.03. The molecule has 0 fully saturated rings. The van der Waals surface area contributed by atoms with Crippen molar-refractivity contribution < 1.29 is 9.53 Å². The molecule has 98 valence electrons. The van der Waals surface area contributed by atoms with Crippen molar-refractivity contribution in [2.45, 2.75) is 13.5 Å². The van der Waals surface area contributed by atoms with Crippen molar-refractivity contribution in [3.05, 3.63) is 59.7 Å². The predicted octanol–water partition coefficient (Wildman–Crippen LogP) is 3.33. The number of aryl methyl sites for hydroxylation is 1. The van der Waals surface area contributed by atoms with E-state index in [1.165, 1.54) is 0 Å². The molecule has 4 heteroatoms. The lowest BCUT2D eigenvalue weighted by Gasteiger charge is -2.08. The van der Waals surface area contributed by atoms with E-state index in [0.29, 0.717) is 11.4 Å². The quantitative estimate of drug-likeness (QED) is 0.828. The number of rotatable bonds is 3. The molecular formula is C15H16N2O2. The third kappa shape index (κ3) is 3.74. The maximum absolute atomic E-state index is 11.6. The first-order valence-corrected chi connectivity index (χ1v) is 5.99. The molecule has 0 radical (unpaired) electrons. The second-order valence-electron chi connectivity index (χ2n) is 4.26. The third-order valence-corrected chi connectivity index (χ3v) is 2.74. The molecule has 0 aromatic heterocycles. The topological polar surface area (TPSA) is 64.3 Å². The fraction of sp³-hybridized carbons (Fsp3) is 0.133. The molecule has 0 atom stereocenters. The van der Waals surface area contributed by atoms with Crippen LogP contribution < -0.4 is 11.1 Å². The van der Waals surface area contributed by atoms with E-state index in [0.717, 1.165) is 11.1 Å². The molecule has 0 bridgehead atoms. The Morgan fingerprint density at radius 2 is 1.95 bits per heavy atom. The first kappa shape index (κ1) is 13.0. The summed E-state index contributed by atoms with van der Waals surface area (Å²) in [6.07, 6.45) is -0.493. The molecule has 19 heavy (non-hydrogen) atoms. The molecule has 0 saturated heterocycles. The van der Waals surface area contributed by atoms with Crippen LogP contribution >= 0.6 is 0 Å². The number of hydrogen-bond donors (Lipinski definition) is 2. The monoisotopic (exact) mass is 256 g/mol. The molecule has 0 aliphatic rings. The highest BCUT2D eigenvalue weighted by atomic mass is 16.5. The van der Waals surface area contributed by atoms with E-state index < -0.39 is 6.09 Å². The van der Waals surface area contributed by atoms with Crippen LogP contribution in [0.25, 0.3) is 0 Å². The van der Waals surface area contributed by atoms with E-state index in [4.69, 9.17) is 10.5 Å². The van der Waals surface area contributed by atoms with Crippen LogP contribution in [0.1, 0.15) is 11.1 Å². The Morgan fingerprint density at radius 3 is 2.63 bits per heavy atom. The smallest absolute Gasteiger partial charge is 0.411 e. The van der Waals surface area contributed by atoms with Crippen molar-refractivity contribution in [3.63, 3.8) is 0 Å². The highest BCUT2D eigenvalue weighted by molar-refractivity contribution is 5.85. The number of anilines is 2. The maximum atomic E-state index is 11.6. The summed E-state index contributed by atoms with van der Waals surface area (Å²) in [5, 5.41) is 2.64. The Morgan fingerprint density at radius 1 is 1.21 bits per heavy atom. The number of carbonyl (C=O) groups excluding carboxylic acids is 1. The van der Waals surface area contributed by atoms with Gasteiger partial charge >= 0.3 is 6.09 Å². The normalized spacial score (nSPS) is 9.95. The molecule has 0 saturated carbocycles.